The fraction of sp³-hybridized carbons (Fsp3) is 0.429. The van der Waals surface area contributed by atoms with Gasteiger partial charge in [-0.05, 0) is 15.9 Å². The molecule has 1 heterocycles. The summed E-state index contributed by atoms with van der Waals surface area (Å²) in [6.07, 6.45) is 3.16. The lowest BCUT2D eigenvalue weighted by atomic mass is 10.7. The molecule has 0 unspecified atom stereocenters. The number of nitrogens with zero attached hydrogens (tertiary/aromatic N) is 2. The number of hydrogen-bond acceptors (Lipinski definition) is 4. The Morgan fingerprint density at radius 2 is 2.25 bits per heavy atom. The van der Waals surface area contributed by atoms with Crippen LogP contribution in [0.4, 0.5) is 0 Å². The predicted molar refractivity (Wildman–Crippen MR) is 47.1 cm³/mol. The van der Waals surface area contributed by atoms with E-state index in [9.17, 15) is 0 Å². The minimum atomic E-state index is 0.488. The first kappa shape index (κ1) is 9.41. The van der Waals surface area contributed by atoms with Crippen molar-refractivity contribution in [2.24, 2.45) is 0 Å². The van der Waals surface area contributed by atoms with Crippen LogP contribution in [0.3, 0.4) is 0 Å². The van der Waals surface area contributed by atoms with E-state index in [1.54, 1.807) is 19.5 Å². The Balaban J connectivity index is 2.41. The van der Waals surface area contributed by atoms with Crippen LogP contribution in [0.15, 0.2) is 17.0 Å². The molecule has 0 aromatic carbocycles. The van der Waals surface area contributed by atoms with Crippen molar-refractivity contribution in [1.82, 2.24) is 9.97 Å². The van der Waals surface area contributed by atoms with Gasteiger partial charge in [-0.25, -0.2) is 4.98 Å². The lowest BCUT2D eigenvalue weighted by molar-refractivity contribution is 0.143. The Hall–Kier alpha value is -0.680. The average molecular weight is 233 g/mol. The first-order chi connectivity index (χ1) is 5.83. The summed E-state index contributed by atoms with van der Waals surface area (Å²) < 4.78 is 10.7. The molecule has 12 heavy (non-hydrogen) atoms. The first-order valence-corrected chi connectivity index (χ1v) is 4.21. The standard InChI is InChI=1S/C7H9BrN2O2/c1-11-2-3-12-7-5-9-4-6(8)10-7/h4-5H,2-3H2,1H3. The zero-order chi connectivity index (χ0) is 8.81. The molecule has 0 spiro atoms. The Morgan fingerprint density at radius 3 is 2.92 bits per heavy atom. The lowest BCUT2D eigenvalue weighted by Gasteiger charge is -2.02. The normalized spacial score (nSPS) is 9.83. The number of aromatic nitrogens is 2. The second-order valence-electron chi connectivity index (χ2n) is 2.02. The molecule has 0 amide bonds. The lowest BCUT2D eigenvalue weighted by Crippen LogP contribution is -2.05. The van der Waals surface area contributed by atoms with E-state index >= 15 is 0 Å². The van der Waals surface area contributed by atoms with Gasteiger partial charge in [-0.1, -0.05) is 0 Å². The van der Waals surface area contributed by atoms with Crippen molar-refractivity contribution >= 4 is 15.9 Å². The van der Waals surface area contributed by atoms with Crippen molar-refractivity contribution in [3.05, 3.63) is 17.0 Å². The summed E-state index contributed by atoms with van der Waals surface area (Å²) in [5.74, 6) is 0.501. The van der Waals surface area contributed by atoms with Gasteiger partial charge < -0.3 is 9.47 Å². The molecule has 1 aromatic heterocycles. The molecule has 0 radical (unpaired) electrons. The minimum Gasteiger partial charge on any atom is -0.474 e. The van der Waals surface area contributed by atoms with Gasteiger partial charge in [0.2, 0.25) is 5.88 Å². The molecule has 0 aliphatic heterocycles. The van der Waals surface area contributed by atoms with E-state index < -0.39 is 0 Å². The first-order valence-electron chi connectivity index (χ1n) is 3.42. The van der Waals surface area contributed by atoms with E-state index in [-0.39, 0.29) is 0 Å². The van der Waals surface area contributed by atoms with Crippen molar-refractivity contribution in [3.8, 4) is 5.88 Å². The number of hydrogen-bond donors (Lipinski definition) is 0. The van der Waals surface area contributed by atoms with Crippen molar-refractivity contribution in [2.75, 3.05) is 20.3 Å². The van der Waals surface area contributed by atoms with Crippen LogP contribution in [0.2, 0.25) is 0 Å². The van der Waals surface area contributed by atoms with Crippen LogP contribution in [0.1, 0.15) is 0 Å². The molecular weight excluding hydrogens is 224 g/mol. The molecule has 0 saturated heterocycles. The van der Waals surface area contributed by atoms with E-state index in [4.69, 9.17) is 9.47 Å². The Labute approximate surface area is 79.1 Å². The highest BCUT2D eigenvalue weighted by atomic mass is 79.9. The van der Waals surface area contributed by atoms with Crippen LogP contribution in [0.25, 0.3) is 0 Å². The molecule has 0 fully saturated rings. The SMILES string of the molecule is COCCOc1cncc(Br)n1. The fourth-order valence-corrected chi connectivity index (χ4v) is 0.918. The third-order valence-electron chi connectivity index (χ3n) is 1.12. The molecular formula is C7H9BrN2O2. The smallest absolute Gasteiger partial charge is 0.233 e. The molecule has 5 heteroatoms. The molecule has 0 aliphatic carbocycles. The van der Waals surface area contributed by atoms with E-state index in [0.29, 0.717) is 23.7 Å². The zero-order valence-electron chi connectivity index (χ0n) is 6.66. The third-order valence-corrected chi connectivity index (χ3v) is 1.50. The highest BCUT2D eigenvalue weighted by Crippen LogP contribution is 2.09. The topological polar surface area (TPSA) is 44.2 Å². The second kappa shape index (κ2) is 5.05. The summed E-state index contributed by atoms with van der Waals surface area (Å²) in [5, 5.41) is 0. The predicted octanol–water partition coefficient (Wildman–Crippen LogP) is 1.26. The van der Waals surface area contributed by atoms with Crippen LogP contribution in [-0.4, -0.2) is 30.3 Å². The number of methoxy groups -OCH3 is 1. The zero-order valence-corrected chi connectivity index (χ0v) is 8.24. The Morgan fingerprint density at radius 1 is 1.42 bits per heavy atom. The van der Waals surface area contributed by atoms with Gasteiger partial charge in [-0.15, -0.1) is 0 Å². The van der Waals surface area contributed by atoms with E-state index in [1.165, 1.54) is 0 Å². The van der Waals surface area contributed by atoms with Crippen molar-refractivity contribution in [2.45, 2.75) is 0 Å². The van der Waals surface area contributed by atoms with Gasteiger partial charge in [-0.3, -0.25) is 4.98 Å². The van der Waals surface area contributed by atoms with E-state index in [2.05, 4.69) is 25.9 Å². The summed E-state index contributed by atoms with van der Waals surface area (Å²) in [6, 6.07) is 0. The molecule has 0 saturated carbocycles. The van der Waals surface area contributed by atoms with Crippen LogP contribution in [0, 0.1) is 0 Å². The maximum atomic E-state index is 5.20. The van der Waals surface area contributed by atoms with Crippen LogP contribution < -0.4 is 4.74 Å². The summed E-state index contributed by atoms with van der Waals surface area (Å²) in [5.41, 5.74) is 0. The van der Waals surface area contributed by atoms with Gasteiger partial charge in [0.25, 0.3) is 0 Å². The molecule has 0 N–H and O–H groups in total. The number of rotatable bonds is 4. The Bertz CT molecular complexity index is 245. The van der Waals surface area contributed by atoms with Crippen molar-refractivity contribution in [3.63, 3.8) is 0 Å². The highest BCUT2D eigenvalue weighted by Gasteiger charge is 1.95. The summed E-state index contributed by atoms with van der Waals surface area (Å²) in [4.78, 5) is 7.91. The van der Waals surface area contributed by atoms with E-state index in [0.717, 1.165) is 0 Å². The second-order valence-corrected chi connectivity index (χ2v) is 2.83. The van der Waals surface area contributed by atoms with Crippen LogP contribution in [-0.2, 0) is 4.74 Å². The van der Waals surface area contributed by atoms with Crippen LogP contribution >= 0.6 is 15.9 Å². The minimum absolute atomic E-state index is 0.488. The maximum Gasteiger partial charge on any atom is 0.233 e. The highest BCUT2D eigenvalue weighted by molar-refractivity contribution is 9.10. The summed E-state index contributed by atoms with van der Waals surface area (Å²) in [6.45, 7) is 1.04. The molecule has 0 bridgehead atoms. The largest absolute Gasteiger partial charge is 0.474 e. The van der Waals surface area contributed by atoms with Gasteiger partial charge in [0.05, 0.1) is 19.0 Å². The van der Waals surface area contributed by atoms with Crippen LogP contribution in [0.5, 0.6) is 5.88 Å². The molecule has 66 valence electrons. The summed E-state index contributed by atoms with van der Waals surface area (Å²) >= 11 is 3.19. The number of halogens is 1. The maximum absolute atomic E-state index is 5.20. The van der Waals surface area contributed by atoms with Gasteiger partial charge >= 0.3 is 0 Å². The molecule has 0 atom stereocenters. The monoisotopic (exact) mass is 232 g/mol. The van der Waals surface area contributed by atoms with E-state index in [1.807, 2.05) is 0 Å². The number of ether oxygens (including phenoxy) is 2. The molecule has 4 nitrogen and oxygen atoms in total. The van der Waals surface area contributed by atoms with Gasteiger partial charge in [0, 0.05) is 7.11 Å². The third kappa shape index (κ3) is 3.15. The quantitative estimate of drug-likeness (QED) is 0.734. The molecule has 1 aromatic rings. The Kier molecular flexibility index (Phi) is 3.96. The van der Waals surface area contributed by atoms with Gasteiger partial charge in [0.1, 0.15) is 11.2 Å². The van der Waals surface area contributed by atoms with Crippen molar-refractivity contribution < 1.29 is 9.47 Å². The summed E-state index contributed by atoms with van der Waals surface area (Å²) in [7, 11) is 1.62. The fourth-order valence-electron chi connectivity index (χ4n) is 0.625. The van der Waals surface area contributed by atoms with Crippen molar-refractivity contribution in [1.29, 1.82) is 0 Å². The van der Waals surface area contributed by atoms with Gasteiger partial charge in [-0.2, -0.15) is 0 Å². The molecule has 1 rings (SSSR count). The average Bonchev–Trinajstić information content (AvgIpc) is 2.05. The molecule has 0 aliphatic rings. The van der Waals surface area contributed by atoms with Gasteiger partial charge in [0.15, 0.2) is 0 Å².